The van der Waals surface area contributed by atoms with Crippen LogP contribution < -0.4 is 9.21 Å². The molecular formula is C23H19ClF2N2O3S. The van der Waals surface area contributed by atoms with Gasteiger partial charge in [-0.1, -0.05) is 23.7 Å². The van der Waals surface area contributed by atoms with Crippen molar-refractivity contribution in [1.29, 1.82) is 0 Å². The van der Waals surface area contributed by atoms with E-state index in [4.69, 9.17) is 11.6 Å². The Balaban J connectivity index is 1.73. The van der Waals surface area contributed by atoms with Gasteiger partial charge < -0.3 is 4.90 Å². The molecule has 5 nitrogen and oxygen atoms in total. The number of hydrogen-bond donors (Lipinski definition) is 0. The number of anilines is 2. The van der Waals surface area contributed by atoms with Crippen molar-refractivity contribution < 1.29 is 22.0 Å². The highest BCUT2D eigenvalue weighted by Crippen LogP contribution is 2.35. The fourth-order valence-electron chi connectivity index (χ4n) is 3.71. The average Bonchev–Trinajstić information content (AvgIpc) is 2.77. The summed E-state index contributed by atoms with van der Waals surface area (Å²) in [5, 5.41) is -0.0136. The molecule has 0 saturated carbocycles. The first-order valence-electron chi connectivity index (χ1n) is 9.83. The monoisotopic (exact) mass is 476 g/mol. The molecule has 9 heteroatoms. The molecule has 166 valence electrons. The Bertz CT molecular complexity index is 1280. The maximum absolute atomic E-state index is 14.2. The highest BCUT2D eigenvalue weighted by atomic mass is 35.5. The van der Waals surface area contributed by atoms with Gasteiger partial charge in [0.2, 0.25) is 0 Å². The normalized spacial score (nSPS) is 13.6. The first kappa shape index (κ1) is 22.2. The minimum atomic E-state index is -3.94. The lowest BCUT2D eigenvalue weighted by atomic mass is 10.0. The van der Waals surface area contributed by atoms with Crippen LogP contribution in [0.2, 0.25) is 5.02 Å². The fourth-order valence-corrected chi connectivity index (χ4v) is 5.49. The van der Waals surface area contributed by atoms with Crippen LogP contribution in [0.25, 0.3) is 0 Å². The van der Waals surface area contributed by atoms with E-state index in [0.29, 0.717) is 24.2 Å². The summed E-state index contributed by atoms with van der Waals surface area (Å²) in [5.41, 5.74) is 1.35. The van der Waals surface area contributed by atoms with Gasteiger partial charge in [0, 0.05) is 19.3 Å². The smallest absolute Gasteiger partial charge is 0.264 e. The zero-order valence-corrected chi connectivity index (χ0v) is 18.6. The number of benzene rings is 3. The molecule has 0 bridgehead atoms. The van der Waals surface area contributed by atoms with Gasteiger partial charge in [0.25, 0.3) is 15.9 Å². The zero-order chi connectivity index (χ0) is 23.0. The molecule has 3 aromatic rings. The Morgan fingerprint density at radius 1 is 1.06 bits per heavy atom. The van der Waals surface area contributed by atoms with Crippen LogP contribution in [0.15, 0.2) is 65.6 Å². The largest absolute Gasteiger partial charge is 0.311 e. The second kappa shape index (κ2) is 8.52. The van der Waals surface area contributed by atoms with Gasteiger partial charge in [-0.05, 0) is 66.9 Å². The van der Waals surface area contributed by atoms with Crippen molar-refractivity contribution in [2.45, 2.75) is 17.7 Å². The molecule has 0 fully saturated rings. The molecule has 0 aliphatic carbocycles. The van der Waals surface area contributed by atoms with E-state index in [2.05, 4.69) is 0 Å². The number of halogens is 3. The Kier molecular flexibility index (Phi) is 5.92. The van der Waals surface area contributed by atoms with E-state index in [-0.39, 0.29) is 22.0 Å². The summed E-state index contributed by atoms with van der Waals surface area (Å²) in [7, 11) is -2.47. The summed E-state index contributed by atoms with van der Waals surface area (Å²) >= 11 is 6.03. The van der Waals surface area contributed by atoms with E-state index in [1.807, 2.05) is 0 Å². The Morgan fingerprint density at radius 2 is 1.78 bits per heavy atom. The molecule has 4 rings (SSSR count). The summed E-state index contributed by atoms with van der Waals surface area (Å²) in [4.78, 5) is 14.1. The number of fused-ring (bicyclic) bond motifs is 1. The Labute approximate surface area is 189 Å². The van der Waals surface area contributed by atoms with Crippen LogP contribution in [0.3, 0.4) is 0 Å². The molecule has 1 aliphatic rings. The van der Waals surface area contributed by atoms with Crippen molar-refractivity contribution in [2.75, 3.05) is 22.8 Å². The van der Waals surface area contributed by atoms with Crippen LogP contribution in [0, 0.1) is 11.6 Å². The maximum atomic E-state index is 14.2. The number of carbonyl (C=O) groups excluding carboxylic acids is 1. The van der Waals surface area contributed by atoms with E-state index in [0.717, 1.165) is 23.8 Å². The first-order valence-corrected chi connectivity index (χ1v) is 11.7. The van der Waals surface area contributed by atoms with Gasteiger partial charge in [-0.3, -0.25) is 9.10 Å². The van der Waals surface area contributed by atoms with E-state index >= 15 is 0 Å². The lowest BCUT2D eigenvalue weighted by Gasteiger charge is -2.31. The second-order valence-electron chi connectivity index (χ2n) is 7.41. The van der Waals surface area contributed by atoms with Crippen LogP contribution in [-0.2, 0) is 16.4 Å². The molecule has 32 heavy (non-hydrogen) atoms. The van der Waals surface area contributed by atoms with Gasteiger partial charge in [0.15, 0.2) is 0 Å². The summed E-state index contributed by atoms with van der Waals surface area (Å²) in [6.45, 7) is 0.243. The number of amides is 1. The molecule has 0 saturated heterocycles. The third kappa shape index (κ3) is 3.96. The van der Waals surface area contributed by atoms with Crippen LogP contribution in [-0.4, -0.2) is 27.9 Å². The SMILES string of the molecule is CN(C(=O)c1c(F)cccc1Cl)c1ccc2c(c1)N(S(=O)(=O)c1ccc(F)cc1)CCC2. The summed E-state index contributed by atoms with van der Waals surface area (Å²) < 4.78 is 55.3. The van der Waals surface area contributed by atoms with E-state index in [9.17, 15) is 22.0 Å². The van der Waals surface area contributed by atoms with Gasteiger partial charge in [0.05, 0.1) is 21.2 Å². The Hall–Kier alpha value is -2.97. The number of carbonyl (C=O) groups is 1. The molecule has 1 aliphatic heterocycles. The van der Waals surface area contributed by atoms with Gasteiger partial charge in [-0.25, -0.2) is 17.2 Å². The van der Waals surface area contributed by atoms with Crippen LogP contribution >= 0.6 is 11.6 Å². The van der Waals surface area contributed by atoms with Crippen molar-refractivity contribution in [3.63, 3.8) is 0 Å². The fraction of sp³-hybridized carbons (Fsp3) is 0.174. The third-order valence-corrected chi connectivity index (χ3v) is 7.56. The molecule has 0 spiro atoms. The molecule has 1 amide bonds. The molecule has 0 atom stereocenters. The lowest BCUT2D eigenvalue weighted by Crippen LogP contribution is -2.36. The van der Waals surface area contributed by atoms with Crippen molar-refractivity contribution >= 4 is 38.9 Å². The van der Waals surface area contributed by atoms with E-state index < -0.39 is 27.6 Å². The number of aryl methyl sites for hydroxylation is 1. The van der Waals surface area contributed by atoms with Gasteiger partial charge >= 0.3 is 0 Å². The van der Waals surface area contributed by atoms with Crippen molar-refractivity contribution in [2.24, 2.45) is 0 Å². The molecule has 3 aromatic carbocycles. The summed E-state index contributed by atoms with van der Waals surface area (Å²) in [6.07, 6.45) is 1.29. The predicted octanol–water partition coefficient (Wildman–Crippen LogP) is 5.04. The number of nitrogens with zero attached hydrogens (tertiary/aromatic N) is 2. The predicted molar refractivity (Wildman–Crippen MR) is 120 cm³/mol. The highest BCUT2D eigenvalue weighted by molar-refractivity contribution is 7.92. The molecule has 0 unspecified atom stereocenters. The number of rotatable bonds is 4. The third-order valence-electron chi connectivity index (χ3n) is 5.42. The zero-order valence-electron chi connectivity index (χ0n) is 17.1. The van der Waals surface area contributed by atoms with Crippen molar-refractivity contribution in [1.82, 2.24) is 0 Å². The first-order chi connectivity index (χ1) is 15.2. The minimum Gasteiger partial charge on any atom is -0.311 e. The van der Waals surface area contributed by atoms with Crippen LogP contribution in [0.4, 0.5) is 20.2 Å². The van der Waals surface area contributed by atoms with E-state index in [1.165, 1.54) is 40.5 Å². The second-order valence-corrected chi connectivity index (χ2v) is 9.68. The van der Waals surface area contributed by atoms with Crippen molar-refractivity contribution in [3.8, 4) is 0 Å². The molecule has 1 heterocycles. The maximum Gasteiger partial charge on any atom is 0.264 e. The summed E-state index contributed by atoms with van der Waals surface area (Å²) in [6, 6.07) is 13.6. The molecule has 0 aromatic heterocycles. The lowest BCUT2D eigenvalue weighted by molar-refractivity contribution is 0.0989. The van der Waals surface area contributed by atoms with Crippen LogP contribution in [0.5, 0.6) is 0 Å². The quantitative estimate of drug-likeness (QED) is 0.530. The topological polar surface area (TPSA) is 57.7 Å². The average molecular weight is 477 g/mol. The van der Waals surface area contributed by atoms with Gasteiger partial charge in [-0.15, -0.1) is 0 Å². The molecule has 0 radical (unpaired) electrons. The van der Waals surface area contributed by atoms with E-state index in [1.54, 1.807) is 18.2 Å². The Morgan fingerprint density at radius 3 is 2.47 bits per heavy atom. The van der Waals surface area contributed by atoms with Gasteiger partial charge in [-0.2, -0.15) is 0 Å². The number of hydrogen-bond acceptors (Lipinski definition) is 3. The molecular weight excluding hydrogens is 458 g/mol. The molecule has 0 N–H and O–H groups in total. The number of sulfonamides is 1. The standard InChI is InChI=1S/C23H19ClF2N2O3S/c1-27(23(29)22-19(24)5-2-6-20(22)26)17-10-7-15-4-3-13-28(21(15)14-17)32(30,31)18-11-8-16(25)9-12-18/h2,5-12,14H,3-4,13H2,1H3. The van der Waals surface area contributed by atoms with Crippen molar-refractivity contribution in [3.05, 3.63) is 88.4 Å². The van der Waals surface area contributed by atoms with Gasteiger partial charge in [0.1, 0.15) is 11.6 Å². The minimum absolute atomic E-state index is 0.0136. The van der Waals surface area contributed by atoms with Crippen LogP contribution in [0.1, 0.15) is 22.3 Å². The summed E-state index contributed by atoms with van der Waals surface area (Å²) in [5.74, 6) is -1.93. The highest BCUT2D eigenvalue weighted by Gasteiger charge is 2.30.